The number of aromatic nitrogens is 3. The normalized spacial score (nSPS) is 10.8. The lowest BCUT2D eigenvalue weighted by molar-refractivity contribution is 0.622. The number of rotatable bonds is 2. The van der Waals surface area contributed by atoms with Gasteiger partial charge in [0.1, 0.15) is 0 Å². The van der Waals surface area contributed by atoms with E-state index < -0.39 is 0 Å². The van der Waals surface area contributed by atoms with Gasteiger partial charge in [-0.3, -0.25) is 9.67 Å². The molecule has 0 unspecified atom stereocenters. The second kappa shape index (κ2) is 3.05. The summed E-state index contributed by atoms with van der Waals surface area (Å²) in [5, 5.41) is 5.23. The van der Waals surface area contributed by atoms with E-state index >= 15 is 0 Å². The number of nitrogens with zero attached hydrogens (tertiary/aromatic N) is 3. The topological polar surface area (TPSA) is 56.7 Å². The summed E-state index contributed by atoms with van der Waals surface area (Å²) < 4.78 is 1.93. The number of hydrogen-bond donors (Lipinski definition) is 1. The van der Waals surface area contributed by atoms with Crippen LogP contribution in [-0.2, 0) is 6.54 Å². The van der Waals surface area contributed by atoms with Crippen molar-refractivity contribution in [2.24, 2.45) is 0 Å². The minimum atomic E-state index is 0.694. The summed E-state index contributed by atoms with van der Waals surface area (Å²) in [7, 11) is 0. The number of fused-ring (bicyclic) bond motifs is 1. The molecular weight excluding hydrogens is 164 g/mol. The van der Waals surface area contributed by atoms with Crippen LogP contribution in [0, 0.1) is 0 Å². The monoisotopic (exact) mass is 176 g/mol. The molecule has 0 amide bonds. The van der Waals surface area contributed by atoms with Gasteiger partial charge in [0, 0.05) is 11.9 Å². The number of anilines is 1. The summed E-state index contributed by atoms with van der Waals surface area (Å²) in [6.45, 7) is 3.03. The van der Waals surface area contributed by atoms with Crippen LogP contribution in [0.5, 0.6) is 0 Å². The highest BCUT2D eigenvalue weighted by Crippen LogP contribution is 2.18. The average molecular weight is 176 g/mol. The Kier molecular flexibility index (Phi) is 1.88. The second-order valence-corrected chi connectivity index (χ2v) is 3.03. The standard InChI is InChI=1S/C9H12N4/c1-2-3-13-9-6-11-5-8(10)7(9)4-12-13/h4-6H,2-3,10H2,1H3. The van der Waals surface area contributed by atoms with Crippen molar-refractivity contribution < 1.29 is 0 Å². The van der Waals surface area contributed by atoms with E-state index in [0.717, 1.165) is 23.9 Å². The van der Waals surface area contributed by atoms with E-state index in [1.54, 1.807) is 18.6 Å². The first-order chi connectivity index (χ1) is 6.33. The van der Waals surface area contributed by atoms with Gasteiger partial charge in [0.05, 0.1) is 29.8 Å². The lowest BCUT2D eigenvalue weighted by Crippen LogP contribution is -1.98. The third kappa shape index (κ3) is 1.24. The molecule has 13 heavy (non-hydrogen) atoms. The minimum absolute atomic E-state index is 0.694. The number of aryl methyl sites for hydroxylation is 1. The molecule has 0 radical (unpaired) electrons. The molecule has 0 bridgehead atoms. The van der Waals surface area contributed by atoms with E-state index in [1.807, 2.05) is 4.68 Å². The van der Waals surface area contributed by atoms with Gasteiger partial charge in [0.25, 0.3) is 0 Å². The summed E-state index contributed by atoms with van der Waals surface area (Å²) >= 11 is 0. The Balaban J connectivity index is 2.61. The zero-order chi connectivity index (χ0) is 9.26. The summed E-state index contributed by atoms with van der Waals surface area (Å²) in [5.41, 5.74) is 7.46. The van der Waals surface area contributed by atoms with Crippen molar-refractivity contribution in [3.63, 3.8) is 0 Å². The molecule has 2 N–H and O–H groups in total. The Labute approximate surface area is 76.4 Å². The van der Waals surface area contributed by atoms with Crippen LogP contribution in [0.25, 0.3) is 10.9 Å². The number of nitrogen functional groups attached to an aromatic ring is 1. The van der Waals surface area contributed by atoms with E-state index in [-0.39, 0.29) is 0 Å². The Bertz CT molecular complexity index is 418. The lowest BCUT2D eigenvalue weighted by Gasteiger charge is -2.00. The van der Waals surface area contributed by atoms with E-state index in [2.05, 4.69) is 17.0 Å². The van der Waals surface area contributed by atoms with Gasteiger partial charge in [0.2, 0.25) is 0 Å². The molecule has 2 rings (SSSR count). The van der Waals surface area contributed by atoms with Crippen LogP contribution >= 0.6 is 0 Å². The SMILES string of the molecule is CCCn1ncc2c(N)cncc21. The van der Waals surface area contributed by atoms with Crippen molar-refractivity contribution in [1.82, 2.24) is 14.8 Å². The number of hydrogen-bond acceptors (Lipinski definition) is 3. The average Bonchev–Trinajstić information content (AvgIpc) is 2.51. The molecule has 0 fully saturated rings. The maximum Gasteiger partial charge on any atom is 0.0886 e. The van der Waals surface area contributed by atoms with Crippen LogP contribution in [0.15, 0.2) is 18.6 Å². The number of pyridine rings is 1. The van der Waals surface area contributed by atoms with E-state index in [4.69, 9.17) is 5.73 Å². The van der Waals surface area contributed by atoms with Gasteiger partial charge < -0.3 is 5.73 Å². The molecule has 0 spiro atoms. The predicted molar refractivity (Wildman–Crippen MR) is 52.2 cm³/mol. The molecule has 0 atom stereocenters. The third-order valence-electron chi connectivity index (χ3n) is 2.04. The molecule has 0 aliphatic carbocycles. The van der Waals surface area contributed by atoms with E-state index in [9.17, 15) is 0 Å². The first-order valence-electron chi connectivity index (χ1n) is 4.38. The van der Waals surface area contributed by atoms with Crippen LogP contribution in [0.2, 0.25) is 0 Å². The van der Waals surface area contributed by atoms with Crippen molar-refractivity contribution >= 4 is 16.6 Å². The molecule has 2 aromatic heterocycles. The van der Waals surface area contributed by atoms with E-state index in [0.29, 0.717) is 5.69 Å². The van der Waals surface area contributed by atoms with Gasteiger partial charge >= 0.3 is 0 Å². The fraction of sp³-hybridized carbons (Fsp3) is 0.333. The molecule has 4 heteroatoms. The van der Waals surface area contributed by atoms with Gasteiger partial charge in [-0.15, -0.1) is 0 Å². The zero-order valence-corrected chi connectivity index (χ0v) is 7.57. The Morgan fingerprint density at radius 3 is 3.00 bits per heavy atom. The van der Waals surface area contributed by atoms with Crippen molar-refractivity contribution in [1.29, 1.82) is 0 Å². The summed E-state index contributed by atoms with van der Waals surface area (Å²) in [5.74, 6) is 0. The molecule has 0 aromatic carbocycles. The lowest BCUT2D eigenvalue weighted by atomic mass is 10.3. The predicted octanol–water partition coefficient (Wildman–Crippen LogP) is 1.42. The summed E-state index contributed by atoms with van der Waals surface area (Å²) in [6, 6.07) is 0. The molecule has 2 aromatic rings. The Morgan fingerprint density at radius 1 is 1.38 bits per heavy atom. The van der Waals surface area contributed by atoms with Crippen LogP contribution in [0.3, 0.4) is 0 Å². The molecule has 68 valence electrons. The van der Waals surface area contributed by atoms with Gasteiger partial charge in [-0.2, -0.15) is 5.10 Å². The molecular formula is C9H12N4. The van der Waals surface area contributed by atoms with Gasteiger partial charge in [-0.05, 0) is 6.42 Å². The second-order valence-electron chi connectivity index (χ2n) is 3.03. The fourth-order valence-electron chi connectivity index (χ4n) is 1.40. The van der Waals surface area contributed by atoms with Gasteiger partial charge in [-0.1, -0.05) is 6.92 Å². The van der Waals surface area contributed by atoms with Crippen LogP contribution in [0.4, 0.5) is 5.69 Å². The van der Waals surface area contributed by atoms with E-state index in [1.165, 1.54) is 0 Å². The first-order valence-corrected chi connectivity index (χ1v) is 4.38. The van der Waals surface area contributed by atoms with Crippen molar-refractivity contribution in [2.75, 3.05) is 5.73 Å². The van der Waals surface area contributed by atoms with Crippen LogP contribution in [0.1, 0.15) is 13.3 Å². The highest BCUT2D eigenvalue weighted by molar-refractivity contribution is 5.88. The number of nitrogens with two attached hydrogens (primary N) is 1. The summed E-state index contributed by atoms with van der Waals surface area (Å²) in [6.07, 6.45) is 6.31. The molecule has 0 saturated heterocycles. The van der Waals surface area contributed by atoms with Gasteiger partial charge in [-0.25, -0.2) is 0 Å². The smallest absolute Gasteiger partial charge is 0.0886 e. The maximum atomic E-state index is 5.75. The summed E-state index contributed by atoms with van der Waals surface area (Å²) in [4.78, 5) is 4.04. The van der Waals surface area contributed by atoms with Crippen molar-refractivity contribution in [3.8, 4) is 0 Å². The largest absolute Gasteiger partial charge is 0.397 e. The molecule has 0 aliphatic rings. The Hall–Kier alpha value is -1.58. The molecule has 2 heterocycles. The molecule has 0 aliphatic heterocycles. The zero-order valence-electron chi connectivity index (χ0n) is 7.57. The van der Waals surface area contributed by atoms with Crippen LogP contribution < -0.4 is 5.73 Å². The van der Waals surface area contributed by atoms with Gasteiger partial charge in [0.15, 0.2) is 0 Å². The van der Waals surface area contributed by atoms with Crippen molar-refractivity contribution in [3.05, 3.63) is 18.6 Å². The Morgan fingerprint density at radius 2 is 2.23 bits per heavy atom. The highest BCUT2D eigenvalue weighted by atomic mass is 15.3. The highest BCUT2D eigenvalue weighted by Gasteiger charge is 2.03. The molecule has 0 saturated carbocycles. The fourth-order valence-corrected chi connectivity index (χ4v) is 1.40. The van der Waals surface area contributed by atoms with Crippen LogP contribution in [-0.4, -0.2) is 14.8 Å². The third-order valence-corrected chi connectivity index (χ3v) is 2.04. The quantitative estimate of drug-likeness (QED) is 0.752. The maximum absolute atomic E-state index is 5.75. The minimum Gasteiger partial charge on any atom is -0.397 e. The first kappa shape index (κ1) is 8.04. The molecule has 4 nitrogen and oxygen atoms in total. The van der Waals surface area contributed by atoms with Crippen molar-refractivity contribution in [2.45, 2.75) is 19.9 Å².